The molecule has 4 heterocycles. The molecule has 2 aliphatic rings. The van der Waals surface area contributed by atoms with E-state index in [1.165, 1.54) is 26.2 Å². The molecule has 0 spiro atoms. The number of carbonyl (C=O) groups is 1. The third kappa shape index (κ3) is 4.76. The first kappa shape index (κ1) is 24.2. The number of pyridine rings is 1. The number of nitrogens with one attached hydrogen (secondary N) is 3. The number of aromatic nitrogens is 3. The summed E-state index contributed by atoms with van der Waals surface area (Å²) < 4.78 is 16.0. The van der Waals surface area contributed by atoms with Crippen LogP contribution in [0.4, 0.5) is 10.1 Å². The highest BCUT2D eigenvalue weighted by atomic mass is 19.1. The van der Waals surface area contributed by atoms with Crippen molar-refractivity contribution >= 4 is 17.1 Å². The Morgan fingerprint density at radius 2 is 2.06 bits per heavy atom. The number of amides is 1. The molecular weight excluding hydrogens is 461 g/mol. The van der Waals surface area contributed by atoms with Gasteiger partial charge in [-0.2, -0.15) is 10.4 Å². The van der Waals surface area contributed by atoms with E-state index in [0.717, 1.165) is 37.1 Å². The van der Waals surface area contributed by atoms with Crippen LogP contribution in [0.3, 0.4) is 0 Å². The number of nitrogens with zero attached hydrogens (tertiary/aromatic N) is 4. The normalized spacial score (nSPS) is 22.2. The fraction of sp³-hybridized carbons (Fsp3) is 0.462. The summed E-state index contributed by atoms with van der Waals surface area (Å²) in [5.74, 6) is 0.779. The molecule has 2 fully saturated rings. The second-order valence-corrected chi connectivity index (χ2v) is 10.3. The van der Waals surface area contributed by atoms with Crippen molar-refractivity contribution in [3.05, 3.63) is 47.8 Å². The highest BCUT2D eigenvalue weighted by Crippen LogP contribution is 2.37. The zero-order valence-corrected chi connectivity index (χ0v) is 20.3. The fourth-order valence-corrected chi connectivity index (χ4v) is 5.18. The van der Waals surface area contributed by atoms with Crippen molar-refractivity contribution in [3.8, 4) is 17.5 Å². The summed E-state index contributed by atoms with van der Waals surface area (Å²) in [5.41, 5.74) is 1.96. The van der Waals surface area contributed by atoms with E-state index in [0.29, 0.717) is 34.3 Å². The predicted molar refractivity (Wildman–Crippen MR) is 133 cm³/mol. The fourth-order valence-electron chi connectivity index (χ4n) is 5.18. The summed E-state index contributed by atoms with van der Waals surface area (Å²) in [6.45, 7) is 4.46. The standard InChI is InChI=1S/C26H30FN7O2/c1-26(2,36)24(27)14-31-25(35)20-13-30-22(23-4-3-19-5-15(9-28)10-32-34(19)23)8-21(20)33-18-6-16-11-29-12-17(16)7-18/h3-5,8,10,13,16-18,24,29,36H,6-7,11-12,14H2,1-2H3,(H,30,33)(H,31,35)/t16-,17+,18+,24-/m1/s1. The van der Waals surface area contributed by atoms with Crippen LogP contribution in [0.25, 0.3) is 16.9 Å². The van der Waals surface area contributed by atoms with Crippen molar-refractivity contribution in [1.82, 2.24) is 25.2 Å². The Balaban J connectivity index is 1.45. The Morgan fingerprint density at radius 3 is 2.75 bits per heavy atom. The Bertz CT molecular complexity index is 1310. The number of alkyl halides is 1. The van der Waals surface area contributed by atoms with E-state index in [9.17, 15) is 14.3 Å². The zero-order chi connectivity index (χ0) is 25.4. The van der Waals surface area contributed by atoms with Gasteiger partial charge in [-0.15, -0.1) is 0 Å². The molecule has 10 heteroatoms. The molecule has 5 rings (SSSR count). The average Bonchev–Trinajstić information content (AvgIpc) is 3.56. The van der Waals surface area contributed by atoms with Crippen LogP contribution in [0.5, 0.6) is 0 Å². The maximum atomic E-state index is 14.3. The predicted octanol–water partition coefficient (Wildman–Crippen LogP) is 2.52. The van der Waals surface area contributed by atoms with Gasteiger partial charge in [-0.1, -0.05) is 0 Å². The van der Waals surface area contributed by atoms with Gasteiger partial charge in [0.2, 0.25) is 0 Å². The Hall–Kier alpha value is -3.55. The van der Waals surface area contributed by atoms with Gasteiger partial charge in [0, 0.05) is 12.2 Å². The van der Waals surface area contributed by atoms with Crippen LogP contribution in [0.15, 0.2) is 36.7 Å². The summed E-state index contributed by atoms with van der Waals surface area (Å²) >= 11 is 0. The van der Waals surface area contributed by atoms with Crippen molar-refractivity contribution < 1.29 is 14.3 Å². The molecule has 3 aromatic heterocycles. The van der Waals surface area contributed by atoms with Crippen LogP contribution in [0.2, 0.25) is 0 Å². The number of aliphatic hydroxyl groups is 1. The lowest BCUT2D eigenvalue weighted by atomic mass is 10.0. The molecular formula is C26H30FN7O2. The maximum Gasteiger partial charge on any atom is 0.255 e. The highest BCUT2D eigenvalue weighted by molar-refractivity contribution is 6.00. The number of nitriles is 1. The third-order valence-electron chi connectivity index (χ3n) is 7.26. The number of anilines is 1. The van der Waals surface area contributed by atoms with Crippen LogP contribution >= 0.6 is 0 Å². The van der Waals surface area contributed by atoms with Crippen LogP contribution < -0.4 is 16.0 Å². The Morgan fingerprint density at radius 1 is 1.31 bits per heavy atom. The molecule has 1 saturated heterocycles. The summed E-state index contributed by atoms with van der Waals surface area (Å²) in [6, 6.07) is 9.62. The monoisotopic (exact) mass is 491 g/mol. The molecule has 0 aromatic carbocycles. The second kappa shape index (κ2) is 9.48. The minimum absolute atomic E-state index is 0.217. The summed E-state index contributed by atoms with van der Waals surface area (Å²) in [6.07, 6.45) is 3.40. The van der Waals surface area contributed by atoms with Crippen LogP contribution in [-0.2, 0) is 0 Å². The van der Waals surface area contributed by atoms with E-state index in [4.69, 9.17) is 5.26 Å². The van der Waals surface area contributed by atoms with Gasteiger partial charge in [0.15, 0.2) is 0 Å². The van der Waals surface area contributed by atoms with Crippen molar-refractivity contribution in [1.29, 1.82) is 5.26 Å². The topological polar surface area (TPSA) is 127 Å². The third-order valence-corrected chi connectivity index (χ3v) is 7.26. The molecule has 0 bridgehead atoms. The SMILES string of the molecule is CC(C)(O)[C@H](F)CNC(=O)c1cnc(-c2ccc3cc(C#N)cnn23)cc1N[C@@H]1C[C@H]2CNC[C@H]2C1. The van der Waals surface area contributed by atoms with E-state index in [1.54, 1.807) is 10.6 Å². The van der Waals surface area contributed by atoms with Gasteiger partial charge in [0.25, 0.3) is 5.91 Å². The summed E-state index contributed by atoms with van der Waals surface area (Å²) in [4.78, 5) is 17.6. The molecule has 36 heavy (non-hydrogen) atoms. The molecule has 0 radical (unpaired) electrons. The first-order chi connectivity index (χ1) is 17.2. The second-order valence-electron chi connectivity index (χ2n) is 10.3. The van der Waals surface area contributed by atoms with Crippen LogP contribution in [-0.4, -0.2) is 63.1 Å². The van der Waals surface area contributed by atoms with Crippen molar-refractivity contribution in [2.75, 3.05) is 25.0 Å². The Labute approximate surface area is 208 Å². The number of rotatable bonds is 7. The largest absolute Gasteiger partial charge is 0.387 e. The first-order valence-corrected chi connectivity index (χ1v) is 12.2. The molecule has 0 unspecified atom stereocenters. The molecule has 1 aliphatic carbocycles. The molecule has 9 nitrogen and oxygen atoms in total. The van der Waals surface area contributed by atoms with Gasteiger partial charge < -0.3 is 21.1 Å². The number of carbonyl (C=O) groups excluding carboxylic acids is 1. The zero-order valence-electron chi connectivity index (χ0n) is 20.3. The van der Waals surface area contributed by atoms with E-state index in [2.05, 4.69) is 32.1 Å². The lowest BCUT2D eigenvalue weighted by molar-refractivity contribution is -0.00177. The van der Waals surface area contributed by atoms with Gasteiger partial charge in [-0.3, -0.25) is 9.78 Å². The maximum absolute atomic E-state index is 14.3. The van der Waals surface area contributed by atoms with Crippen molar-refractivity contribution in [2.45, 2.75) is 44.5 Å². The molecule has 3 aromatic rings. The number of hydrogen-bond donors (Lipinski definition) is 4. The lowest BCUT2D eigenvalue weighted by Crippen LogP contribution is -2.42. The minimum Gasteiger partial charge on any atom is -0.387 e. The van der Waals surface area contributed by atoms with Gasteiger partial charge in [0.05, 0.1) is 52.1 Å². The summed E-state index contributed by atoms with van der Waals surface area (Å²) in [5, 5.41) is 33.0. The lowest BCUT2D eigenvalue weighted by Gasteiger charge is -2.23. The molecule has 1 amide bonds. The van der Waals surface area contributed by atoms with E-state index in [-0.39, 0.29) is 12.6 Å². The van der Waals surface area contributed by atoms with Crippen molar-refractivity contribution in [2.24, 2.45) is 11.8 Å². The van der Waals surface area contributed by atoms with E-state index in [1.807, 2.05) is 18.2 Å². The van der Waals surface area contributed by atoms with Crippen molar-refractivity contribution in [3.63, 3.8) is 0 Å². The van der Waals surface area contributed by atoms with Gasteiger partial charge in [-0.25, -0.2) is 8.91 Å². The Kier molecular flexibility index (Phi) is 6.36. The van der Waals surface area contributed by atoms with Gasteiger partial charge in [0.1, 0.15) is 12.2 Å². The quantitative estimate of drug-likeness (QED) is 0.400. The van der Waals surface area contributed by atoms with E-state index >= 15 is 0 Å². The highest BCUT2D eigenvalue weighted by Gasteiger charge is 2.37. The van der Waals surface area contributed by atoms with E-state index < -0.39 is 17.7 Å². The van der Waals surface area contributed by atoms with Gasteiger partial charge in [-0.05, 0) is 75.9 Å². The minimum atomic E-state index is -1.61. The van der Waals surface area contributed by atoms with Crippen LogP contribution in [0.1, 0.15) is 42.6 Å². The molecule has 188 valence electrons. The van der Waals surface area contributed by atoms with Gasteiger partial charge >= 0.3 is 0 Å². The molecule has 1 saturated carbocycles. The molecule has 4 N–H and O–H groups in total. The number of halogens is 1. The molecule has 4 atom stereocenters. The average molecular weight is 492 g/mol. The first-order valence-electron chi connectivity index (χ1n) is 12.2. The number of fused-ring (bicyclic) bond motifs is 2. The van der Waals surface area contributed by atoms with Crippen LogP contribution in [0, 0.1) is 23.2 Å². The molecule has 1 aliphatic heterocycles. The number of hydrogen-bond acceptors (Lipinski definition) is 7. The summed E-state index contributed by atoms with van der Waals surface area (Å²) in [7, 11) is 0. The smallest absolute Gasteiger partial charge is 0.255 e.